The van der Waals surface area contributed by atoms with Crippen molar-refractivity contribution in [3.8, 4) is 0 Å². The normalized spacial score (nSPS) is 11.6. The predicted octanol–water partition coefficient (Wildman–Crippen LogP) is 1.84. The third kappa shape index (κ3) is 9.95. The number of nitrogens with zero attached hydrogens (tertiary/aromatic N) is 1. The molecule has 0 bridgehead atoms. The van der Waals surface area contributed by atoms with Crippen LogP contribution in [0.15, 0.2) is 0 Å². The minimum Gasteiger partial charge on any atom is -0.459 e. The maximum Gasteiger partial charge on any atom is 0.426 e. The van der Waals surface area contributed by atoms with Crippen molar-refractivity contribution < 1.29 is 23.9 Å². The Kier molecular flexibility index (Phi) is 6.96. The number of halogens is 1. The van der Waals surface area contributed by atoms with E-state index < -0.39 is 41.6 Å². The highest BCUT2D eigenvalue weighted by Crippen LogP contribution is 2.09. The summed E-state index contributed by atoms with van der Waals surface area (Å²) in [7, 11) is 0. The van der Waals surface area contributed by atoms with E-state index in [0.29, 0.717) is 0 Å². The monoisotopic (exact) mass is 322 g/mol. The lowest BCUT2D eigenvalue weighted by Crippen LogP contribution is -2.51. The van der Waals surface area contributed by atoms with Gasteiger partial charge < -0.3 is 9.47 Å². The van der Waals surface area contributed by atoms with Gasteiger partial charge in [0.25, 0.3) is 5.91 Å². The molecular weight excluding hydrogens is 300 g/mol. The molecule has 0 fully saturated rings. The Labute approximate surface area is 129 Å². The van der Waals surface area contributed by atoms with Crippen LogP contribution >= 0.6 is 11.6 Å². The number of nitrogens with one attached hydrogen (secondary N) is 1. The molecule has 21 heavy (non-hydrogen) atoms. The van der Waals surface area contributed by atoms with E-state index in [-0.39, 0.29) is 0 Å². The molecule has 0 unspecified atom stereocenters. The molecule has 7 nitrogen and oxygen atoms in total. The zero-order chi connectivity index (χ0) is 16.8. The standard InChI is InChI=1S/C13H23ClN2O5/c1-12(2,3)20-10(18)8-16(9(17)7-14)15-11(19)21-13(4,5)6/h7-8H2,1-6H3,(H,15,19). The van der Waals surface area contributed by atoms with Gasteiger partial charge in [-0.2, -0.15) is 0 Å². The average molecular weight is 323 g/mol. The van der Waals surface area contributed by atoms with Gasteiger partial charge in [-0.3, -0.25) is 9.59 Å². The van der Waals surface area contributed by atoms with Crippen LogP contribution in [0.25, 0.3) is 0 Å². The van der Waals surface area contributed by atoms with Crippen LogP contribution in [-0.2, 0) is 19.1 Å². The van der Waals surface area contributed by atoms with Gasteiger partial charge in [-0.1, -0.05) is 0 Å². The van der Waals surface area contributed by atoms with E-state index in [4.69, 9.17) is 21.1 Å². The lowest BCUT2D eigenvalue weighted by molar-refractivity contribution is -0.159. The smallest absolute Gasteiger partial charge is 0.426 e. The van der Waals surface area contributed by atoms with E-state index in [2.05, 4.69) is 5.43 Å². The fourth-order valence-corrected chi connectivity index (χ4v) is 1.32. The Morgan fingerprint density at radius 1 is 1.00 bits per heavy atom. The van der Waals surface area contributed by atoms with E-state index in [9.17, 15) is 14.4 Å². The summed E-state index contributed by atoms with van der Waals surface area (Å²) in [5, 5.41) is 0.773. The van der Waals surface area contributed by atoms with Gasteiger partial charge in [0.2, 0.25) is 0 Å². The Morgan fingerprint density at radius 3 is 1.86 bits per heavy atom. The molecule has 8 heteroatoms. The highest BCUT2D eigenvalue weighted by molar-refractivity contribution is 6.27. The molecule has 0 radical (unpaired) electrons. The van der Waals surface area contributed by atoms with Gasteiger partial charge in [0.05, 0.1) is 0 Å². The van der Waals surface area contributed by atoms with Crippen molar-refractivity contribution in [1.29, 1.82) is 0 Å². The van der Waals surface area contributed by atoms with Crippen molar-refractivity contribution in [3.05, 3.63) is 0 Å². The number of hydrogen-bond acceptors (Lipinski definition) is 5. The fourth-order valence-electron chi connectivity index (χ4n) is 1.18. The number of esters is 1. The van der Waals surface area contributed by atoms with Crippen LogP contribution < -0.4 is 5.43 Å². The average Bonchev–Trinajstić information content (AvgIpc) is 2.21. The summed E-state index contributed by atoms with van der Waals surface area (Å²) >= 11 is 5.44. The number of rotatable bonds is 3. The van der Waals surface area contributed by atoms with Crippen LogP contribution in [0, 0.1) is 0 Å². The van der Waals surface area contributed by atoms with Gasteiger partial charge in [0.1, 0.15) is 23.6 Å². The van der Waals surface area contributed by atoms with E-state index in [1.165, 1.54) is 0 Å². The van der Waals surface area contributed by atoms with E-state index in [1.807, 2.05) is 0 Å². The fraction of sp³-hybridized carbons (Fsp3) is 0.769. The number of hydrazine groups is 1. The summed E-state index contributed by atoms with van der Waals surface area (Å²) < 4.78 is 10.1. The van der Waals surface area contributed by atoms with Crippen LogP contribution in [0.4, 0.5) is 4.79 Å². The molecular formula is C13H23ClN2O5. The van der Waals surface area contributed by atoms with E-state index in [1.54, 1.807) is 41.5 Å². The molecule has 0 aliphatic rings. The molecule has 0 aromatic heterocycles. The largest absolute Gasteiger partial charge is 0.459 e. The summed E-state index contributed by atoms with van der Waals surface area (Å²) in [6.45, 7) is 9.65. The van der Waals surface area contributed by atoms with Gasteiger partial charge in [-0.05, 0) is 41.5 Å². The second-order valence-corrected chi connectivity index (χ2v) is 6.58. The van der Waals surface area contributed by atoms with Crippen molar-refractivity contribution in [2.45, 2.75) is 52.7 Å². The minimum atomic E-state index is -0.857. The molecule has 122 valence electrons. The molecule has 0 saturated carbocycles. The molecule has 0 atom stereocenters. The van der Waals surface area contributed by atoms with Crippen molar-refractivity contribution in [2.24, 2.45) is 0 Å². The lowest BCUT2D eigenvalue weighted by atomic mass is 10.2. The predicted molar refractivity (Wildman–Crippen MR) is 77.6 cm³/mol. The van der Waals surface area contributed by atoms with Crippen molar-refractivity contribution >= 4 is 29.6 Å². The molecule has 0 aliphatic carbocycles. The summed E-state index contributed by atoms with van der Waals surface area (Å²) in [6.07, 6.45) is -0.857. The number of amides is 2. The number of alkyl halides is 1. The van der Waals surface area contributed by atoms with Crippen molar-refractivity contribution in [2.75, 3.05) is 12.4 Å². The number of ether oxygens (including phenoxy) is 2. The quantitative estimate of drug-likeness (QED) is 0.487. The number of carbonyl (C=O) groups is 3. The molecule has 0 aromatic rings. The highest BCUT2D eigenvalue weighted by atomic mass is 35.5. The first kappa shape index (κ1) is 19.5. The highest BCUT2D eigenvalue weighted by Gasteiger charge is 2.25. The SMILES string of the molecule is CC(C)(C)OC(=O)CN(NC(=O)OC(C)(C)C)C(=O)CCl. The third-order valence-electron chi connectivity index (χ3n) is 1.75. The van der Waals surface area contributed by atoms with Crippen LogP contribution in [0.1, 0.15) is 41.5 Å². The Morgan fingerprint density at radius 2 is 1.48 bits per heavy atom. The number of carbonyl (C=O) groups excluding carboxylic acids is 3. The first-order chi connectivity index (χ1) is 9.34. The molecule has 2 amide bonds. The van der Waals surface area contributed by atoms with Gasteiger partial charge in [-0.15, -0.1) is 11.6 Å². The van der Waals surface area contributed by atoms with Gasteiger partial charge >= 0.3 is 12.1 Å². The Bertz CT molecular complexity index is 368. The third-order valence-corrected chi connectivity index (χ3v) is 1.98. The van der Waals surface area contributed by atoms with Crippen molar-refractivity contribution in [3.63, 3.8) is 0 Å². The van der Waals surface area contributed by atoms with Crippen molar-refractivity contribution in [1.82, 2.24) is 10.4 Å². The molecule has 0 saturated heterocycles. The second-order valence-electron chi connectivity index (χ2n) is 6.31. The molecule has 0 aromatic carbocycles. The maximum atomic E-state index is 11.7. The number of hydrogen-bond donors (Lipinski definition) is 1. The topological polar surface area (TPSA) is 84.9 Å². The summed E-state index contributed by atoms with van der Waals surface area (Å²) in [6, 6.07) is 0. The van der Waals surface area contributed by atoms with Gasteiger partial charge in [0.15, 0.2) is 0 Å². The van der Waals surface area contributed by atoms with Crippen LogP contribution in [0.3, 0.4) is 0 Å². The van der Waals surface area contributed by atoms with Gasteiger partial charge in [0, 0.05) is 0 Å². The first-order valence-corrected chi connectivity index (χ1v) is 6.95. The van der Waals surface area contributed by atoms with Crippen LogP contribution in [0.5, 0.6) is 0 Å². The molecule has 0 spiro atoms. The molecule has 0 aliphatic heterocycles. The van der Waals surface area contributed by atoms with Gasteiger partial charge in [-0.25, -0.2) is 15.2 Å². The minimum absolute atomic E-state index is 0.390. The lowest BCUT2D eigenvalue weighted by Gasteiger charge is -2.26. The summed E-state index contributed by atoms with van der Waals surface area (Å²) in [5.41, 5.74) is 0.752. The maximum absolute atomic E-state index is 11.7. The first-order valence-electron chi connectivity index (χ1n) is 6.42. The van der Waals surface area contributed by atoms with E-state index >= 15 is 0 Å². The Balaban J connectivity index is 4.72. The second kappa shape index (κ2) is 7.49. The van der Waals surface area contributed by atoms with Crippen LogP contribution in [0.2, 0.25) is 0 Å². The van der Waals surface area contributed by atoms with Crippen LogP contribution in [-0.4, -0.2) is 46.6 Å². The summed E-state index contributed by atoms with van der Waals surface area (Å²) in [4.78, 5) is 35.0. The zero-order valence-electron chi connectivity index (χ0n) is 13.3. The van der Waals surface area contributed by atoms with E-state index in [0.717, 1.165) is 5.01 Å². The molecule has 0 rings (SSSR count). The molecule has 1 N–H and O–H groups in total. The molecule has 0 heterocycles. The summed E-state index contributed by atoms with van der Waals surface area (Å²) in [5.74, 6) is -1.70. The zero-order valence-corrected chi connectivity index (χ0v) is 14.0. The Hall–Kier alpha value is -1.50.